The fourth-order valence-electron chi connectivity index (χ4n) is 12.5. The molecule has 5 rings (SSSR count). The Bertz CT molecular complexity index is 1290. The number of aliphatic hydroxyl groups is 4. The van der Waals surface area contributed by atoms with Crippen LogP contribution in [0.3, 0.4) is 0 Å². The lowest BCUT2D eigenvalue weighted by Crippen LogP contribution is -2.65. The van der Waals surface area contributed by atoms with Gasteiger partial charge in [-0.2, -0.15) is 0 Å². The molecular weight excluding hydrogens is 612 g/mol. The highest BCUT2D eigenvalue weighted by atomic mass is 16.6. The molecule has 0 spiro atoms. The zero-order valence-corrected chi connectivity index (χ0v) is 31.1. The second-order valence-electron chi connectivity index (χ2n) is 18.4. The Hall–Kier alpha value is -1.52. The number of carboxylic acid groups (broad SMARTS) is 1. The third kappa shape index (κ3) is 5.43. The SMILES string of the molecule is CC(=O)O[C@@H]1C[C@]2(C)C3=C(CC[C@H]2C(C)(C)[C@H]1O[C@@H]1C[C@H](CO)[C@@H](O)[C@H](O)[C@H]1O)[C@@]1(C)CC[C@](C)([C@H](C)C(C)C)[C@@H](C(=O)O)[C@]1(C)CC3. The van der Waals surface area contributed by atoms with Crippen LogP contribution in [0.1, 0.15) is 121 Å². The summed E-state index contributed by atoms with van der Waals surface area (Å²) in [5, 5.41) is 52.9. The average molecular weight is 677 g/mol. The molecule has 14 atom stereocenters. The van der Waals surface area contributed by atoms with Gasteiger partial charge in [0, 0.05) is 19.4 Å². The van der Waals surface area contributed by atoms with Crippen LogP contribution < -0.4 is 0 Å². The van der Waals surface area contributed by atoms with Crippen molar-refractivity contribution < 1.29 is 44.6 Å². The van der Waals surface area contributed by atoms with Gasteiger partial charge in [0.25, 0.3) is 0 Å². The van der Waals surface area contributed by atoms with Crippen molar-refractivity contribution in [2.45, 2.75) is 157 Å². The summed E-state index contributed by atoms with van der Waals surface area (Å²) < 4.78 is 12.8. The highest BCUT2D eigenvalue weighted by Crippen LogP contribution is 2.73. The van der Waals surface area contributed by atoms with Gasteiger partial charge in [0.15, 0.2) is 0 Å². The van der Waals surface area contributed by atoms with Crippen LogP contribution >= 0.6 is 0 Å². The Morgan fingerprint density at radius 3 is 2.08 bits per heavy atom. The molecule has 0 heterocycles. The zero-order valence-electron chi connectivity index (χ0n) is 31.1. The van der Waals surface area contributed by atoms with E-state index in [1.54, 1.807) is 0 Å². The average Bonchev–Trinajstić information content (AvgIpc) is 2.98. The maximum absolute atomic E-state index is 13.3. The number of hydrogen-bond donors (Lipinski definition) is 5. The largest absolute Gasteiger partial charge is 0.481 e. The van der Waals surface area contributed by atoms with E-state index in [-0.39, 0.29) is 41.1 Å². The van der Waals surface area contributed by atoms with Gasteiger partial charge in [-0.1, -0.05) is 73.5 Å². The molecule has 5 N–H and O–H groups in total. The number of aliphatic carboxylic acids is 1. The summed E-state index contributed by atoms with van der Waals surface area (Å²) >= 11 is 0. The molecular formula is C39H64O9. The summed E-state index contributed by atoms with van der Waals surface area (Å²) in [6.45, 7) is 21.1. The zero-order chi connectivity index (χ0) is 35.9. The number of esters is 1. The van der Waals surface area contributed by atoms with Crippen LogP contribution in [0.4, 0.5) is 0 Å². The summed E-state index contributed by atoms with van der Waals surface area (Å²) in [6.07, 6.45) is -0.246. The number of allylic oxidation sites excluding steroid dienone is 2. The first kappa shape index (κ1) is 37.7. The van der Waals surface area contributed by atoms with Gasteiger partial charge in [-0.25, -0.2) is 0 Å². The van der Waals surface area contributed by atoms with Crippen molar-refractivity contribution in [3.8, 4) is 0 Å². The van der Waals surface area contributed by atoms with Crippen LogP contribution in [0.5, 0.6) is 0 Å². The standard InChI is InChI=1S/C39H64O9/c1-20(2)21(3)36(7)15-16-38(9)25-11-12-28-35(5,6)33(48-26-17-23(19-40)29(42)31(44)30(26)43)27(47-22(4)41)18-37(28,8)24(25)13-14-39(38,10)32(36)34(45)46/h20-21,23,26-33,40,42-44H,11-19H2,1-10H3,(H,45,46)/t21-,23-,26-,27-,28+,29-,30+,31+,32-,33+,36-,37-,38-,39+/m1/s1. The number of aliphatic hydroxyl groups excluding tert-OH is 4. The van der Waals surface area contributed by atoms with Crippen molar-refractivity contribution >= 4 is 11.9 Å². The molecule has 0 saturated heterocycles. The summed E-state index contributed by atoms with van der Waals surface area (Å²) in [6, 6.07) is 0. The third-order valence-corrected chi connectivity index (χ3v) is 15.6. The quantitative estimate of drug-likeness (QED) is 0.174. The Morgan fingerprint density at radius 1 is 0.875 bits per heavy atom. The molecule has 5 aliphatic carbocycles. The first-order chi connectivity index (χ1) is 22.1. The molecule has 0 radical (unpaired) electrons. The van der Waals surface area contributed by atoms with E-state index in [1.165, 1.54) is 18.1 Å². The fraction of sp³-hybridized carbons (Fsp3) is 0.897. The smallest absolute Gasteiger partial charge is 0.307 e. The number of hydrogen-bond acceptors (Lipinski definition) is 8. The number of carbonyl (C=O) groups excluding carboxylic acids is 1. The minimum absolute atomic E-state index is 0.156. The van der Waals surface area contributed by atoms with Crippen molar-refractivity contribution in [3.05, 3.63) is 11.1 Å². The summed E-state index contributed by atoms with van der Waals surface area (Å²) in [5.74, 6) is -1.40. The summed E-state index contributed by atoms with van der Waals surface area (Å²) in [7, 11) is 0. The molecule has 3 fully saturated rings. The lowest BCUT2D eigenvalue weighted by atomic mass is 9.36. The van der Waals surface area contributed by atoms with Gasteiger partial charge in [0.05, 0.1) is 18.1 Å². The Morgan fingerprint density at radius 2 is 1.52 bits per heavy atom. The van der Waals surface area contributed by atoms with Gasteiger partial charge in [0.1, 0.15) is 24.4 Å². The van der Waals surface area contributed by atoms with Crippen LogP contribution in [0.2, 0.25) is 0 Å². The molecule has 0 aromatic carbocycles. The maximum atomic E-state index is 13.3. The Labute approximate surface area is 287 Å². The van der Waals surface area contributed by atoms with Crippen LogP contribution in [0, 0.1) is 56.7 Å². The van der Waals surface area contributed by atoms with Crippen LogP contribution in [-0.4, -0.2) is 80.7 Å². The van der Waals surface area contributed by atoms with Crippen molar-refractivity contribution in [2.24, 2.45) is 56.7 Å². The van der Waals surface area contributed by atoms with E-state index in [0.29, 0.717) is 12.3 Å². The molecule has 0 aliphatic heterocycles. The minimum Gasteiger partial charge on any atom is -0.481 e. The molecule has 0 aromatic heterocycles. The van der Waals surface area contributed by atoms with E-state index in [2.05, 4.69) is 62.3 Å². The summed E-state index contributed by atoms with van der Waals surface area (Å²) in [5.41, 5.74) is 1.00. The number of fused-ring (bicyclic) bond motifs is 4. The molecule has 48 heavy (non-hydrogen) atoms. The first-order valence-corrected chi connectivity index (χ1v) is 18.5. The Kier molecular flexibility index (Phi) is 9.91. The molecule has 0 amide bonds. The van der Waals surface area contributed by atoms with E-state index in [1.807, 2.05) is 0 Å². The van der Waals surface area contributed by atoms with Gasteiger partial charge in [0.2, 0.25) is 0 Å². The van der Waals surface area contributed by atoms with Crippen molar-refractivity contribution in [2.75, 3.05) is 6.61 Å². The number of carboxylic acids is 1. The molecule has 5 aliphatic rings. The van der Waals surface area contributed by atoms with E-state index in [9.17, 15) is 35.1 Å². The van der Waals surface area contributed by atoms with E-state index in [0.717, 1.165) is 38.5 Å². The van der Waals surface area contributed by atoms with Crippen LogP contribution in [0.15, 0.2) is 11.1 Å². The molecule has 3 saturated carbocycles. The van der Waals surface area contributed by atoms with Crippen LogP contribution in [-0.2, 0) is 19.1 Å². The second-order valence-corrected chi connectivity index (χ2v) is 18.4. The highest BCUT2D eigenvalue weighted by Gasteiger charge is 2.68. The van der Waals surface area contributed by atoms with E-state index < -0.39 is 71.2 Å². The summed E-state index contributed by atoms with van der Waals surface area (Å²) in [4.78, 5) is 26.0. The van der Waals surface area contributed by atoms with Gasteiger partial charge in [-0.15, -0.1) is 0 Å². The topological polar surface area (TPSA) is 154 Å². The molecule has 274 valence electrons. The number of rotatable bonds is 7. The second kappa shape index (κ2) is 12.6. The van der Waals surface area contributed by atoms with Gasteiger partial charge >= 0.3 is 11.9 Å². The first-order valence-electron chi connectivity index (χ1n) is 18.5. The molecule has 0 unspecified atom stereocenters. The van der Waals surface area contributed by atoms with Crippen LogP contribution in [0.25, 0.3) is 0 Å². The van der Waals surface area contributed by atoms with E-state index >= 15 is 0 Å². The predicted octanol–water partition coefficient (Wildman–Crippen LogP) is 5.51. The number of ether oxygens (including phenoxy) is 2. The van der Waals surface area contributed by atoms with Gasteiger partial charge in [-0.05, 0) is 96.2 Å². The number of carbonyl (C=O) groups is 2. The predicted molar refractivity (Wildman–Crippen MR) is 182 cm³/mol. The highest BCUT2D eigenvalue weighted by molar-refractivity contribution is 5.73. The van der Waals surface area contributed by atoms with Crippen molar-refractivity contribution in [1.29, 1.82) is 0 Å². The van der Waals surface area contributed by atoms with Gasteiger partial charge < -0.3 is 35.0 Å². The minimum atomic E-state index is -1.46. The fourth-order valence-corrected chi connectivity index (χ4v) is 12.5. The Balaban J connectivity index is 1.55. The molecule has 9 nitrogen and oxygen atoms in total. The van der Waals surface area contributed by atoms with Gasteiger partial charge in [-0.3, -0.25) is 9.59 Å². The molecule has 0 aromatic rings. The van der Waals surface area contributed by atoms with E-state index in [4.69, 9.17) is 9.47 Å². The molecule has 9 heteroatoms. The third-order valence-electron chi connectivity index (χ3n) is 15.6. The lowest BCUT2D eigenvalue weighted by molar-refractivity contribution is -0.248. The van der Waals surface area contributed by atoms with Crippen molar-refractivity contribution in [1.82, 2.24) is 0 Å². The lowest BCUT2D eigenvalue weighted by Gasteiger charge is -2.68. The molecule has 0 bridgehead atoms. The van der Waals surface area contributed by atoms with Crippen molar-refractivity contribution in [3.63, 3.8) is 0 Å². The maximum Gasteiger partial charge on any atom is 0.307 e. The monoisotopic (exact) mass is 676 g/mol. The normalized spacial score (nSPS) is 47.9.